The first kappa shape index (κ1) is 16.4. The van der Waals surface area contributed by atoms with Gasteiger partial charge in [-0.25, -0.2) is 13.1 Å². The third-order valence-electron chi connectivity index (χ3n) is 2.55. The van der Waals surface area contributed by atoms with E-state index in [-0.39, 0.29) is 23.4 Å². The summed E-state index contributed by atoms with van der Waals surface area (Å²) in [5.74, 6) is 0.272. The summed E-state index contributed by atoms with van der Waals surface area (Å²) < 4.78 is 36.7. The molecule has 0 radical (unpaired) electrons. The summed E-state index contributed by atoms with van der Waals surface area (Å²) in [5.41, 5.74) is 0.754. The van der Waals surface area contributed by atoms with E-state index in [1.807, 2.05) is 0 Å². The molecular weight excluding hydrogens is 290 g/mol. The second kappa shape index (κ2) is 7.81. The van der Waals surface area contributed by atoms with Gasteiger partial charge in [-0.2, -0.15) is 0 Å². The smallest absolute Gasteiger partial charge is 0.240 e. The lowest BCUT2D eigenvalue weighted by Gasteiger charge is -2.15. The van der Waals surface area contributed by atoms with Gasteiger partial charge in [0.1, 0.15) is 0 Å². The van der Waals surface area contributed by atoms with Crippen molar-refractivity contribution >= 4 is 21.6 Å². The average Bonchev–Trinajstić information content (AvgIpc) is 2.43. The van der Waals surface area contributed by atoms with Crippen LogP contribution in [-0.2, 0) is 25.4 Å². The molecule has 1 aromatic carbocycles. The van der Waals surface area contributed by atoms with Crippen LogP contribution in [0.15, 0.2) is 29.2 Å². The highest BCUT2D eigenvalue weighted by atomic mass is 35.5. The molecule has 1 atom stereocenters. The average molecular weight is 308 g/mol. The van der Waals surface area contributed by atoms with Gasteiger partial charge >= 0.3 is 0 Å². The third-order valence-corrected chi connectivity index (χ3v) is 4.28. The van der Waals surface area contributed by atoms with Crippen LogP contribution in [0.2, 0.25) is 0 Å². The Morgan fingerprint density at radius 2 is 2.11 bits per heavy atom. The highest BCUT2D eigenvalue weighted by molar-refractivity contribution is 7.89. The third kappa shape index (κ3) is 5.08. The number of sulfonamides is 1. The predicted octanol–water partition coefficient (Wildman–Crippen LogP) is 1.37. The summed E-state index contributed by atoms with van der Waals surface area (Å²) in [6, 6.07) is 6.51. The van der Waals surface area contributed by atoms with Gasteiger partial charge in [-0.1, -0.05) is 12.1 Å². The van der Waals surface area contributed by atoms with Crippen LogP contribution in [0.5, 0.6) is 0 Å². The molecule has 0 amide bonds. The molecule has 1 aromatic rings. The maximum atomic E-state index is 12.1. The van der Waals surface area contributed by atoms with Crippen LogP contribution in [0.25, 0.3) is 0 Å². The van der Waals surface area contributed by atoms with Crippen LogP contribution in [0.3, 0.4) is 0 Å². The summed E-state index contributed by atoms with van der Waals surface area (Å²) in [7, 11) is -0.522. The number of halogens is 1. The van der Waals surface area contributed by atoms with Crippen molar-refractivity contribution in [2.24, 2.45) is 0 Å². The lowest BCUT2D eigenvalue weighted by atomic mass is 10.2. The molecule has 19 heavy (non-hydrogen) atoms. The zero-order valence-electron chi connectivity index (χ0n) is 10.9. The zero-order chi connectivity index (χ0) is 14.3. The van der Waals surface area contributed by atoms with Crippen molar-refractivity contribution in [3.63, 3.8) is 0 Å². The number of rotatable bonds is 8. The van der Waals surface area contributed by atoms with Crippen molar-refractivity contribution in [1.29, 1.82) is 0 Å². The molecule has 0 spiro atoms. The van der Waals surface area contributed by atoms with Crippen LogP contribution in [0.4, 0.5) is 0 Å². The largest absolute Gasteiger partial charge is 0.382 e. The van der Waals surface area contributed by atoms with Crippen LogP contribution in [0.1, 0.15) is 5.56 Å². The van der Waals surface area contributed by atoms with Crippen molar-refractivity contribution in [3.05, 3.63) is 29.8 Å². The lowest BCUT2D eigenvalue weighted by molar-refractivity contribution is 0.0320. The monoisotopic (exact) mass is 307 g/mol. The van der Waals surface area contributed by atoms with Gasteiger partial charge in [0.05, 0.1) is 17.6 Å². The fraction of sp³-hybridized carbons (Fsp3) is 0.500. The van der Waals surface area contributed by atoms with Crippen molar-refractivity contribution in [3.8, 4) is 0 Å². The second-order valence-corrected chi connectivity index (χ2v) is 5.98. The van der Waals surface area contributed by atoms with Gasteiger partial charge in [0.25, 0.3) is 0 Å². The molecule has 1 rings (SSSR count). The van der Waals surface area contributed by atoms with Gasteiger partial charge in [0, 0.05) is 26.6 Å². The Morgan fingerprint density at radius 3 is 2.68 bits per heavy atom. The molecule has 1 N–H and O–H groups in total. The molecule has 0 heterocycles. The molecule has 5 nitrogen and oxygen atoms in total. The highest BCUT2D eigenvalue weighted by Crippen LogP contribution is 2.13. The summed E-state index contributed by atoms with van der Waals surface area (Å²) in [6.07, 6.45) is -0.323. The fourth-order valence-electron chi connectivity index (χ4n) is 1.48. The van der Waals surface area contributed by atoms with Gasteiger partial charge in [-0.3, -0.25) is 0 Å². The maximum Gasteiger partial charge on any atom is 0.240 e. The first-order chi connectivity index (χ1) is 9.03. The molecule has 0 aliphatic rings. The minimum atomic E-state index is -3.56. The zero-order valence-corrected chi connectivity index (χ0v) is 12.5. The van der Waals surface area contributed by atoms with E-state index in [2.05, 4.69) is 4.72 Å². The molecule has 0 aliphatic carbocycles. The van der Waals surface area contributed by atoms with E-state index in [0.29, 0.717) is 6.61 Å². The molecule has 0 fully saturated rings. The Morgan fingerprint density at radius 1 is 1.37 bits per heavy atom. The second-order valence-electron chi connectivity index (χ2n) is 3.95. The van der Waals surface area contributed by atoms with Gasteiger partial charge in [-0.05, 0) is 17.7 Å². The molecule has 0 aliphatic heterocycles. The molecule has 0 saturated carbocycles. The quantitative estimate of drug-likeness (QED) is 0.737. The molecule has 0 bridgehead atoms. The van der Waals surface area contributed by atoms with Gasteiger partial charge in [0.15, 0.2) is 0 Å². The van der Waals surface area contributed by atoms with E-state index in [1.165, 1.54) is 20.3 Å². The Bertz CT molecular complexity index is 492. The lowest BCUT2D eigenvalue weighted by Crippen LogP contribution is -2.35. The van der Waals surface area contributed by atoms with Crippen molar-refractivity contribution in [1.82, 2.24) is 4.72 Å². The molecule has 0 aromatic heterocycles. The summed E-state index contributed by atoms with van der Waals surface area (Å²) in [5, 5.41) is 0. The summed E-state index contributed by atoms with van der Waals surface area (Å²) in [6.45, 7) is 0.471. The highest BCUT2D eigenvalue weighted by Gasteiger charge is 2.17. The molecule has 7 heteroatoms. The van der Waals surface area contributed by atoms with E-state index >= 15 is 0 Å². The number of hydrogen-bond donors (Lipinski definition) is 1. The normalized spacial score (nSPS) is 13.4. The summed E-state index contributed by atoms with van der Waals surface area (Å²) in [4.78, 5) is 0.193. The first-order valence-corrected chi connectivity index (χ1v) is 7.71. The Kier molecular flexibility index (Phi) is 6.74. The fourth-order valence-corrected chi connectivity index (χ4v) is 2.78. The minimum absolute atomic E-state index is 0.151. The Balaban J connectivity index is 2.74. The SMILES string of the molecule is COCC(CNS(=O)(=O)c1cccc(CCl)c1)OC. The topological polar surface area (TPSA) is 64.6 Å². The number of benzene rings is 1. The van der Waals surface area contributed by atoms with E-state index in [1.54, 1.807) is 18.2 Å². The molecule has 108 valence electrons. The number of alkyl halides is 1. The minimum Gasteiger partial charge on any atom is -0.382 e. The molecule has 1 unspecified atom stereocenters. The van der Waals surface area contributed by atoms with Gasteiger partial charge in [-0.15, -0.1) is 11.6 Å². The van der Waals surface area contributed by atoms with Crippen LogP contribution >= 0.6 is 11.6 Å². The molecular formula is C12H18ClNO4S. The van der Waals surface area contributed by atoms with E-state index in [0.717, 1.165) is 5.56 Å². The number of hydrogen-bond acceptors (Lipinski definition) is 4. The molecule has 0 saturated heterocycles. The summed E-state index contributed by atoms with van der Waals surface area (Å²) >= 11 is 5.69. The number of nitrogens with one attached hydrogen (secondary N) is 1. The van der Waals surface area contributed by atoms with Crippen LogP contribution in [0, 0.1) is 0 Å². The van der Waals surface area contributed by atoms with E-state index in [4.69, 9.17) is 21.1 Å². The van der Waals surface area contributed by atoms with Crippen molar-refractivity contribution < 1.29 is 17.9 Å². The number of methoxy groups -OCH3 is 2. The number of ether oxygens (including phenoxy) is 2. The van der Waals surface area contributed by atoms with Gasteiger partial charge in [0.2, 0.25) is 10.0 Å². The van der Waals surface area contributed by atoms with Crippen LogP contribution < -0.4 is 4.72 Å². The van der Waals surface area contributed by atoms with E-state index < -0.39 is 10.0 Å². The predicted molar refractivity (Wildman–Crippen MR) is 73.9 cm³/mol. The van der Waals surface area contributed by atoms with E-state index in [9.17, 15) is 8.42 Å². The van der Waals surface area contributed by atoms with Gasteiger partial charge < -0.3 is 9.47 Å². The first-order valence-electron chi connectivity index (χ1n) is 5.69. The Hall–Kier alpha value is -0.660. The standard InChI is InChI=1S/C12H18ClNO4S/c1-17-9-11(18-2)8-14-19(15,16)12-5-3-4-10(6-12)7-13/h3-6,11,14H,7-9H2,1-2H3. The Labute approximate surface area is 118 Å². The van der Waals surface area contributed by atoms with Crippen LogP contribution in [-0.4, -0.2) is 41.9 Å². The van der Waals surface area contributed by atoms with Crippen molar-refractivity contribution in [2.75, 3.05) is 27.4 Å². The maximum absolute atomic E-state index is 12.1. The van der Waals surface area contributed by atoms with Crippen molar-refractivity contribution in [2.45, 2.75) is 16.9 Å².